The normalized spacial score (nSPS) is 18.9. The topological polar surface area (TPSA) is 78.4 Å². The second-order valence-electron chi connectivity index (χ2n) is 4.05. The van der Waals surface area contributed by atoms with Gasteiger partial charge >= 0.3 is 12.0 Å². The zero-order valence-corrected chi connectivity index (χ0v) is 9.83. The Balaban J connectivity index is 2.51. The van der Waals surface area contributed by atoms with Gasteiger partial charge in [0.15, 0.2) is 11.6 Å². The fourth-order valence-electron chi connectivity index (χ4n) is 1.92. The Bertz CT molecular complexity index is 599. The molecule has 3 N–H and O–H groups in total. The predicted molar refractivity (Wildman–Crippen MR) is 61.1 cm³/mol. The minimum absolute atomic E-state index is 0.120. The number of amides is 2. The van der Waals surface area contributed by atoms with E-state index in [2.05, 4.69) is 10.6 Å². The lowest BCUT2D eigenvalue weighted by molar-refractivity contribution is -0.133. The second kappa shape index (κ2) is 4.68. The first-order valence-corrected chi connectivity index (χ1v) is 5.36. The molecule has 0 bridgehead atoms. The Kier molecular flexibility index (Phi) is 3.20. The quantitative estimate of drug-likeness (QED) is 0.763. The molecule has 5 nitrogen and oxygen atoms in total. The van der Waals surface area contributed by atoms with E-state index in [1.54, 1.807) is 0 Å². The van der Waals surface area contributed by atoms with Gasteiger partial charge in [0, 0.05) is 5.70 Å². The third-order valence-corrected chi connectivity index (χ3v) is 2.78. The standard InChI is InChI=1S/C12H10F2N2O3/c1-5-9(11(17)18)10(16-12(19)15-5)6-2-3-7(13)8(14)4-6/h2-4,10H,1H3,(H,17,18)(H2,15,16,19)/t10-/m1/s1. The highest BCUT2D eigenvalue weighted by molar-refractivity contribution is 5.93. The smallest absolute Gasteiger partial charge is 0.335 e. The summed E-state index contributed by atoms with van der Waals surface area (Å²) in [5.41, 5.74) is 0.196. The number of carbonyl (C=O) groups is 2. The van der Waals surface area contributed by atoms with Crippen LogP contribution in [0.15, 0.2) is 29.5 Å². The predicted octanol–water partition coefficient (Wildman–Crippen LogP) is 1.68. The minimum atomic E-state index is -1.25. The van der Waals surface area contributed by atoms with Gasteiger partial charge in [-0.2, -0.15) is 0 Å². The number of hydrogen-bond acceptors (Lipinski definition) is 2. The highest BCUT2D eigenvalue weighted by atomic mass is 19.2. The number of carbonyl (C=O) groups excluding carboxylic acids is 1. The van der Waals surface area contributed by atoms with Crippen molar-refractivity contribution in [3.8, 4) is 0 Å². The molecule has 1 atom stereocenters. The Morgan fingerprint density at radius 2 is 2.00 bits per heavy atom. The molecule has 0 aromatic heterocycles. The number of rotatable bonds is 2. The van der Waals surface area contributed by atoms with E-state index in [-0.39, 0.29) is 16.8 Å². The number of urea groups is 1. The van der Waals surface area contributed by atoms with Crippen LogP contribution in [0.2, 0.25) is 0 Å². The minimum Gasteiger partial charge on any atom is -0.478 e. The van der Waals surface area contributed by atoms with Crippen molar-refractivity contribution in [1.82, 2.24) is 10.6 Å². The van der Waals surface area contributed by atoms with Crippen molar-refractivity contribution in [2.24, 2.45) is 0 Å². The van der Waals surface area contributed by atoms with Crippen molar-refractivity contribution in [3.05, 3.63) is 46.7 Å². The van der Waals surface area contributed by atoms with Crippen molar-refractivity contribution in [1.29, 1.82) is 0 Å². The molecule has 1 aromatic rings. The molecule has 0 saturated carbocycles. The molecular formula is C12H10F2N2O3. The molecular weight excluding hydrogens is 258 g/mol. The van der Waals surface area contributed by atoms with Crippen molar-refractivity contribution < 1.29 is 23.5 Å². The maximum Gasteiger partial charge on any atom is 0.335 e. The van der Waals surface area contributed by atoms with Gasteiger partial charge < -0.3 is 15.7 Å². The van der Waals surface area contributed by atoms with E-state index >= 15 is 0 Å². The summed E-state index contributed by atoms with van der Waals surface area (Å²) in [5, 5.41) is 13.8. The molecule has 0 fully saturated rings. The van der Waals surface area contributed by atoms with E-state index in [0.717, 1.165) is 12.1 Å². The molecule has 0 spiro atoms. The van der Waals surface area contributed by atoms with Gasteiger partial charge in [-0.3, -0.25) is 0 Å². The number of allylic oxidation sites excluding steroid dienone is 1. The zero-order valence-electron chi connectivity index (χ0n) is 9.83. The average molecular weight is 268 g/mol. The molecule has 1 aliphatic rings. The largest absolute Gasteiger partial charge is 0.478 e. The van der Waals surface area contributed by atoms with E-state index in [4.69, 9.17) is 5.11 Å². The third-order valence-electron chi connectivity index (χ3n) is 2.78. The molecule has 0 radical (unpaired) electrons. The lowest BCUT2D eigenvalue weighted by Crippen LogP contribution is -2.45. The molecule has 0 aliphatic carbocycles. The van der Waals surface area contributed by atoms with Crippen LogP contribution in [-0.4, -0.2) is 17.1 Å². The fraction of sp³-hybridized carbons (Fsp3) is 0.167. The maximum atomic E-state index is 13.2. The Labute approximate surface area is 106 Å². The first-order chi connectivity index (χ1) is 8.90. The highest BCUT2D eigenvalue weighted by Crippen LogP contribution is 2.27. The van der Waals surface area contributed by atoms with Crippen molar-refractivity contribution in [3.63, 3.8) is 0 Å². The van der Waals surface area contributed by atoms with Crippen LogP contribution in [0.4, 0.5) is 13.6 Å². The second-order valence-corrected chi connectivity index (χ2v) is 4.05. The van der Waals surface area contributed by atoms with E-state index in [1.165, 1.54) is 13.0 Å². The number of nitrogens with one attached hydrogen (secondary N) is 2. The average Bonchev–Trinajstić information content (AvgIpc) is 2.31. The van der Waals surface area contributed by atoms with E-state index in [1.807, 2.05) is 0 Å². The summed E-state index contributed by atoms with van der Waals surface area (Å²) in [6, 6.07) is 1.35. The molecule has 19 heavy (non-hydrogen) atoms. The van der Waals surface area contributed by atoms with Gasteiger partial charge in [0.25, 0.3) is 0 Å². The Morgan fingerprint density at radius 3 is 2.58 bits per heavy atom. The van der Waals surface area contributed by atoms with Crippen LogP contribution in [0, 0.1) is 11.6 Å². The number of halogens is 2. The number of benzene rings is 1. The molecule has 0 saturated heterocycles. The van der Waals surface area contributed by atoms with Crippen molar-refractivity contribution in [2.75, 3.05) is 0 Å². The highest BCUT2D eigenvalue weighted by Gasteiger charge is 2.31. The summed E-state index contributed by atoms with van der Waals surface area (Å²) in [6.45, 7) is 1.43. The van der Waals surface area contributed by atoms with Crippen LogP contribution in [0.25, 0.3) is 0 Å². The monoisotopic (exact) mass is 268 g/mol. The summed E-state index contributed by atoms with van der Waals surface area (Å²) >= 11 is 0. The van der Waals surface area contributed by atoms with Crippen LogP contribution in [0.5, 0.6) is 0 Å². The molecule has 7 heteroatoms. The zero-order chi connectivity index (χ0) is 14.2. The SMILES string of the molecule is CC1=C(C(=O)O)[C@@H](c2ccc(F)c(F)c2)NC(=O)N1. The van der Waals surface area contributed by atoms with Gasteiger partial charge in [-0.1, -0.05) is 6.07 Å². The van der Waals surface area contributed by atoms with Gasteiger partial charge in [-0.05, 0) is 24.6 Å². The number of hydrogen-bond donors (Lipinski definition) is 3. The number of carboxylic acid groups (broad SMARTS) is 1. The molecule has 1 aliphatic heterocycles. The van der Waals surface area contributed by atoms with E-state index < -0.39 is 29.7 Å². The lowest BCUT2D eigenvalue weighted by atomic mass is 9.95. The molecule has 2 rings (SSSR count). The van der Waals surface area contributed by atoms with Gasteiger partial charge in [0.05, 0.1) is 11.6 Å². The first-order valence-electron chi connectivity index (χ1n) is 5.36. The third kappa shape index (κ3) is 2.40. The summed E-state index contributed by atoms with van der Waals surface area (Å²) < 4.78 is 26.1. The lowest BCUT2D eigenvalue weighted by Gasteiger charge is -2.27. The first kappa shape index (κ1) is 13.0. The van der Waals surface area contributed by atoms with Crippen LogP contribution in [0.3, 0.4) is 0 Å². The molecule has 0 unspecified atom stereocenters. The Hall–Kier alpha value is -2.44. The molecule has 1 aromatic carbocycles. The number of carboxylic acids is 1. The maximum absolute atomic E-state index is 13.2. The van der Waals surface area contributed by atoms with Crippen LogP contribution < -0.4 is 10.6 Å². The summed E-state index contributed by atoms with van der Waals surface area (Å²) in [5.74, 6) is -3.39. The van der Waals surface area contributed by atoms with Gasteiger partial charge in [-0.15, -0.1) is 0 Å². The van der Waals surface area contributed by atoms with Crippen LogP contribution in [-0.2, 0) is 4.79 Å². The Morgan fingerprint density at radius 1 is 1.32 bits per heavy atom. The summed E-state index contributed by atoms with van der Waals surface area (Å²) in [7, 11) is 0. The summed E-state index contributed by atoms with van der Waals surface area (Å²) in [4.78, 5) is 22.6. The molecule has 2 amide bonds. The fourth-order valence-corrected chi connectivity index (χ4v) is 1.92. The van der Waals surface area contributed by atoms with Gasteiger partial charge in [-0.25, -0.2) is 18.4 Å². The van der Waals surface area contributed by atoms with Crippen molar-refractivity contribution in [2.45, 2.75) is 13.0 Å². The molecule has 100 valence electrons. The van der Waals surface area contributed by atoms with E-state index in [0.29, 0.717) is 0 Å². The number of aliphatic carboxylic acids is 1. The summed E-state index contributed by atoms with van der Waals surface area (Å²) in [6.07, 6.45) is 0. The van der Waals surface area contributed by atoms with E-state index in [9.17, 15) is 18.4 Å². The van der Waals surface area contributed by atoms with Crippen molar-refractivity contribution >= 4 is 12.0 Å². The van der Waals surface area contributed by atoms with Gasteiger partial charge in [0.1, 0.15) is 0 Å². The molecule has 1 heterocycles. The van der Waals surface area contributed by atoms with Crippen LogP contribution >= 0.6 is 0 Å². The van der Waals surface area contributed by atoms with Crippen LogP contribution in [0.1, 0.15) is 18.5 Å². The van der Waals surface area contributed by atoms with Gasteiger partial charge in [0.2, 0.25) is 0 Å².